The maximum Gasteiger partial charge on any atom is 0.267 e. The van der Waals surface area contributed by atoms with Gasteiger partial charge < -0.3 is 9.42 Å². The van der Waals surface area contributed by atoms with E-state index < -0.39 is 5.56 Å². The second-order valence-electron chi connectivity index (χ2n) is 6.96. The monoisotopic (exact) mass is 370 g/mol. The molecule has 0 atom stereocenters. The number of aromatic nitrogens is 3. The fourth-order valence-electron chi connectivity index (χ4n) is 3.30. The van der Waals surface area contributed by atoms with Gasteiger partial charge >= 0.3 is 0 Å². The van der Waals surface area contributed by atoms with Gasteiger partial charge in [0, 0.05) is 18.7 Å². The highest BCUT2D eigenvalue weighted by atomic mass is 19.1. The van der Waals surface area contributed by atoms with Gasteiger partial charge in [-0.25, -0.2) is 9.37 Å². The van der Waals surface area contributed by atoms with E-state index in [1.165, 1.54) is 35.2 Å². The highest BCUT2D eigenvalue weighted by molar-refractivity contribution is 5.88. The molecular weight excluding hydrogens is 351 g/mol. The van der Waals surface area contributed by atoms with Crippen molar-refractivity contribution in [1.82, 2.24) is 19.6 Å². The summed E-state index contributed by atoms with van der Waals surface area (Å²) < 4.78 is 19.6. The normalized spacial score (nSPS) is 15.4. The molecule has 1 aromatic carbocycles. The van der Waals surface area contributed by atoms with E-state index in [1.807, 2.05) is 0 Å². The first kappa shape index (κ1) is 17.4. The first-order chi connectivity index (χ1) is 13.0. The number of carbonyl (C=O) groups is 1. The lowest BCUT2D eigenvalue weighted by Gasteiger charge is -2.30. The number of benzene rings is 1. The predicted octanol–water partition coefficient (Wildman–Crippen LogP) is 2.45. The minimum atomic E-state index is -0.403. The second-order valence-corrected chi connectivity index (χ2v) is 6.96. The van der Waals surface area contributed by atoms with Gasteiger partial charge in [0.15, 0.2) is 0 Å². The van der Waals surface area contributed by atoms with Gasteiger partial charge in [-0.3, -0.25) is 14.2 Å². The van der Waals surface area contributed by atoms with Crippen LogP contribution in [0.4, 0.5) is 4.39 Å². The quantitative estimate of drug-likeness (QED) is 0.707. The zero-order chi connectivity index (χ0) is 19.0. The van der Waals surface area contributed by atoms with Crippen LogP contribution < -0.4 is 5.56 Å². The van der Waals surface area contributed by atoms with Crippen LogP contribution in [0.15, 0.2) is 39.9 Å². The number of nitrogens with zero attached hydrogens (tertiary/aromatic N) is 4. The van der Waals surface area contributed by atoms with Crippen molar-refractivity contribution >= 4 is 17.0 Å². The number of likely N-dealkylation sites (tertiary alicyclic amines) is 1. The zero-order valence-electron chi connectivity index (χ0n) is 14.9. The number of piperidine rings is 1. The molecule has 140 valence electrons. The Kier molecular flexibility index (Phi) is 4.47. The minimum Gasteiger partial charge on any atom is -0.341 e. The molecule has 0 saturated carbocycles. The average molecular weight is 370 g/mol. The fourth-order valence-corrected chi connectivity index (χ4v) is 3.30. The van der Waals surface area contributed by atoms with Gasteiger partial charge in [0.2, 0.25) is 5.91 Å². The topological polar surface area (TPSA) is 81.2 Å². The van der Waals surface area contributed by atoms with Crippen molar-refractivity contribution in [3.05, 3.63) is 46.8 Å². The molecule has 0 unspecified atom stereocenters. The number of rotatable bonds is 3. The van der Waals surface area contributed by atoms with Crippen LogP contribution in [-0.2, 0) is 11.3 Å². The van der Waals surface area contributed by atoms with Crippen molar-refractivity contribution in [1.29, 1.82) is 0 Å². The molecule has 27 heavy (non-hydrogen) atoms. The summed E-state index contributed by atoms with van der Waals surface area (Å²) in [6.07, 6.45) is 3.24. The molecule has 1 aliphatic rings. The smallest absolute Gasteiger partial charge is 0.267 e. The maximum absolute atomic E-state index is 13.2. The third-order valence-electron chi connectivity index (χ3n) is 5.02. The Bertz CT molecular complexity index is 1030. The molecule has 1 fully saturated rings. The van der Waals surface area contributed by atoms with Crippen LogP contribution in [0.5, 0.6) is 0 Å². The first-order valence-corrected chi connectivity index (χ1v) is 8.91. The standard InChI is InChI=1S/C19H19FN4O3/c1-12-6-8-23(9-7-12)15(25)10-24-11-21-18-16(19(24)26)17(22-27-18)13-2-4-14(20)5-3-13/h2-5,11-12H,6-10H2,1H3. The lowest BCUT2D eigenvalue weighted by atomic mass is 9.99. The summed E-state index contributed by atoms with van der Waals surface area (Å²) >= 11 is 0. The van der Waals surface area contributed by atoms with E-state index >= 15 is 0 Å². The third kappa shape index (κ3) is 3.34. The molecule has 0 N–H and O–H groups in total. The molecule has 1 saturated heterocycles. The van der Waals surface area contributed by atoms with Gasteiger partial charge in [-0.05, 0) is 43.0 Å². The number of hydrogen-bond donors (Lipinski definition) is 0. The van der Waals surface area contributed by atoms with Gasteiger partial charge in [-0.15, -0.1) is 0 Å². The molecule has 3 aromatic rings. The van der Waals surface area contributed by atoms with Crippen molar-refractivity contribution in [3.63, 3.8) is 0 Å². The van der Waals surface area contributed by atoms with Crippen molar-refractivity contribution in [2.75, 3.05) is 13.1 Å². The van der Waals surface area contributed by atoms with Crippen molar-refractivity contribution in [2.24, 2.45) is 5.92 Å². The summed E-state index contributed by atoms with van der Waals surface area (Å²) in [6.45, 7) is 3.51. The molecule has 1 amide bonds. The molecule has 0 spiro atoms. The fraction of sp³-hybridized carbons (Fsp3) is 0.368. The number of carbonyl (C=O) groups excluding carboxylic acids is 1. The van der Waals surface area contributed by atoms with Gasteiger partial charge in [0.1, 0.15) is 29.8 Å². The molecule has 7 nitrogen and oxygen atoms in total. The molecule has 0 bridgehead atoms. The van der Waals surface area contributed by atoms with Crippen LogP contribution >= 0.6 is 0 Å². The van der Waals surface area contributed by atoms with Crippen LogP contribution in [-0.4, -0.2) is 38.6 Å². The van der Waals surface area contributed by atoms with Gasteiger partial charge in [-0.2, -0.15) is 0 Å². The molecule has 8 heteroatoms. The van der Waals surface area contributed by atoms with E-state index in [1.54, 1.807) is 4.90 Å². The predicted molar refractivity (Wildman–Crippen MR) is 96.4 cm³/mol. The Morgan fingerprint density at radius 1 is 1.26 bits per heavy atom. The first-order valence-electron chi connectivity index (χ1n) is 8.91. The minimum absolute atomic E-state index is 0.0792. The average Bonchev–Trinajstić information content (AvgIpc) is 3.10. The molecule has 3 heterocycles. The largest absolute Gasteiger partial charge is 0.341 e. The van der Waals surface area contributed by atoms with E-state index in [0.717, 1.165) is 12.8 Å². The lowest BCUT2D eigenvalue weighted by Crippen LogP contribution is -2.41. The molecule has 0 aliphatic carbocycles. The zero-order valence-corrected chi connectivity index (χ0v) is 14.9. The molecular formula is C19H19FN4O3. The SMILES string of the molecule is CC1CCN(C(=O)Cn2cnc3onc(-c4ccc(F)cc4)c3c2=O)CC1. The molecule has 1 aliphatic heterocycles. The number of hydrogen-bond acceptors (Lipinski definition) is 5. The summed E-state index contributed by atoms with van der Waals surface area (Å²) in [5, 5.41) is 4.09. The van der Waals surface area contributed by atoms with E-state index in [9.17, 15) is 14.0 Å². The summed E-state index contributed by atoms with van der Waals surface area (Å²) in [5.74, 6) is 0.124. The summed E-state index contributed by atoms with van der Waals surface area (Å²) in [5.41, 5.74) is 0.522. The Morgan fingerprint density at radius 2 is 1.96 bits per heavy atom. The van der Waals surface area contributed by atoms with Crippen LogP contribution in [0.1, 0.15) is 19.8 Å². The van der Waals surface area contributed by atoms with E-state index in [2.05, 4.69) is 17.1 Å². The Labute approximate surface area is 154 Å². The highest BCUT2D eigenvalue weighted by Crippen LogP contribution is 2.24. The van der Waals surface area contributed by atoms with Crippen molar-refractivity contribution < 1.29 is 13.7 Å². The molecule has 0 radical (unpaired) electrons. The lowest BCUT2D eigenvalue weighted by molar-refractivity contribution is -0.133. The van der Waals surface area contributed by atoms with Crippen LogP contribution in [0.2, 0.25) is 0 Å². The number of fused-ring (bicyclic) bond motifs is 1. The Hall–Kier alpha value is -3.03. The third-order valence-corrected chi connectivity index (χ3v) is 5.02. The highest BCUT2D eigenvalue weighted by Gasteiger charge is 2.22. The van der Waals surface area contributed by atoms with Gasteiger partial charge in [0.05, 0.1) is 0 Å². The van der Waals surface area contributed by atoms with Crippen LogP contribution in [0.25, 0.3) is 22.4 Å². The maximum atomic E-state index is 13.2. The van der Waals surface area contributed by atoms with Crippen LogP contribution in [0, 0.1) is 11.7 Å². The summed E-state index contributed by atoms with van der Waals surface area (Å²) in [7, 11) is 0. The number of amides is 1. The van der Waals surface area contributed by atoms with Gasteiger partial charge in [-0.1, -0.05) is 12.1 Å². The number of halogens is 1. The van der Waals surface area contributed by atoms with Crippen molar-refractivity contribution in [2.45, 2.75) is 26.3 Å². The Balaban J connectivity index is 1.65. The summed E-state index contributed by atoms with van der Waals surface area (Å²) in [6, 6.07) is 5.60. The molecule has 2 aromatic heterocycles. The van der Waals surface area contributed by atoms with E-state index in [4.69, 9.17) is 4.52 Å². The van der Waals surface area contributed by atoms with Gasteiger partial charge in [0.25, 0.3) is 11.3 Å². The summed E-state index contributed by atoms with van der Waals surface area (Å²) in [4.78, 5) is 31.3. The molecule has 4 rings (SSSR count). The Morgan fingerprint density at radius 3 is 2.67 bits per heavy atom. The van der Waals surface area contributed by atoms with Crippen LogP contribution in [0.3, 0.4) is 0 Å². The van der Waals surface area contributed by atoms with E-state index in [-0.39, 0.29) is 35.1 Å². The van der Waals surface area contributed by atoms with E-state index in [0.29, 0.717) is 24.6 Å². The second kappa shape index (κ2) is 6.94. The van der Waals surface area contributed by atoms with Crippen molar-refractivity contribution in [3.8, 4) is 11.3 Å².